The lowest BCUT2D eigenvalue weighted by molar-refractivity contribution is 0.0941. The Balaban J connectivity index is 1.80. The molecule has 1 aromatic heterocycles. The molecule has 0 saturated heterocycles. The van der Waals surface area contributed by atoms with E-state index in [2.05, 4.69) is 23.2 Å². The molecular weight excluding hydrogens is 242 g/mol. The molecule has 1 N–H and O–H groups in total. The van der Waals surface area contributed by atoms with Crippen LogP contribution < -0.4 is 0 Å². The fourth-order valence-corrected chi connectivity index (χ4v) is 3.66. The molecule has 3 rings (SSSR count). The fourth-order valence-electron chi connectivity index (χ4n) is 2.77. The topological polar surface area (TPSA) is 33.1 Å². The first-order chi connectivity index (χ1) is 8.74. The summed E-state index contributed by atoms with van der Waals surface area (Å²) >= 11 is 1.74. The third kappa shape index (κ3) is 2.20. The first-order valence-electron chi connectivity index (χ1n) is 6.41. The molecule has 1 aromatic carbocycles. The molecule has 1 aliphatic rings. The summed E-state index contributed by atoms with van der Waals surface area (Å²) in [6, 6.07) is 8.26. The van der Waals surface area contributed by atoms with Crippen molar-refractivity contribution in [3.8, 4) is 0 Å². The van der Waals surface area contributed by atoms with E-state index in [9.17, 15) is 5.11 Å². The highest BCUT2D eigenvalue weighted by atomic mass is 32.1. The maximum absolute atomic E-state index is 10.5. The number of hydrogen-bond donors (Lipinski definition) is 1. The highest BCUT2D eigenvalue weighted by Gasteiger charge is 2.27. The van der Waals surface area contributed by atoms with Crippen molar-refractivity contribution >= 4 is 11.3 Å². The van der Waals surface area contributed by atoms with E-state index in [0.717, 1.165) is 29.8 Å². The van der Waals surface area contributed by atoms with Crippen molar-refractivity contribution in [2.75, 3.05) is 0 Å². The maximum atomic E-state index is 10.5. The number of benzene rings is 1. The lowest BCUT2D eigenvalue weighted by Gasteiger charge is -2.29. The zero-order chi connectivity index (χ0) is 12.5. The number of hydrogen-bond acceptors (Lipinski definition) is 3. The molecule has 0 spiro atoms. The quantitative estimate of drug-likeness (QED) is 0.897. The summed E-state index contributed by atoms with van der Waals surface area (Å²) in [4.78, 5) is 5.58. The Bertz CT molecular complexity index is 549. The van der Waals surface area contributed by atoms with E-state index in [4.69, 9.17) is 0 Å². The molecule has 0 aliphatic heterocycles. The normalized spacial score (nSPS) is 22.8. The summed E-state index contributed by atoms with van der Waals surface area (Å²) in [5.74, 6) is 0.333. The van der Waals surface area contributed by atoms with E-state index in [1.54, 1.807) is 11.3 Å². The van der Waals surface area contributed by atoms with E-state index in [1.165, 1.54) is 10.4 Å². The van der Waals surface area contributed by atoms with Gasteiger partial charge >= 0.3 is 0 Å². The van der Waals surface area contributed by atoms with Crippen molar-refractivity contribution in [3.63, 3.8) is 0 Å². The van der Waals surface area contributed by atoms with Crippen LogP contribution in [0.25, 0.3) is 0 Å². The van der Waals surface area contributed by atoms with Crippen LogP contribution in [0.3, 0.4) is 0 Å². The molecule has 2 aromatic rings. The maximum Gasteiger partial charge on any atom is 0.0896 e. The Labute approximate surface area is 111 Å². The number of aromatic nitrogens is 1. The fraction of sp³-hybridized carbons (Fsp3) is 0.400. The predicted octanol–water partition coefficient (Wildman–Crippen LogP) is 3.29. The molecule has 0 radical (unpaired) electrons. The second-order valence-electron chi connectivity index (χ2n) is 4.99. The number of nitrogens with zero attached hydrogens (tertiary/aromatic N) is 1. The lowest BCUT2D eigenvalue weighted by atomic mass is 9.80. The summed E-state index contributed by atoms with van der Waals surface area (Å²) in [6.07, 6.45) is 4.72. The van der Waals surface area contributed by atoms with Crippen molar-refractivity contribution in [3.05, 3.63) is 51.5 Å². The van der Waals surface area contributed by atoms with E-state index >= 15 is 0 Å². The summed E-state index contributed by atoms with van der Waals surface area (Å²) in [6.45, 7) is 2.03. The standard InChI is InChI=1S/C15H17NOS/c1-10-16-9-13(18-10)8-12-7-6-11-4-2-3-5-14(11)15(12)17/h2-5,9,12,15,17H,6-8H2,1H3. The van der Waals surface area contributed by atoms with E-state index < -0.39 is 0 Å². The summed E-state index contributed by atoms with van der Waals surface area (Å²) in [5.41, 5.74) is 2.43. The van der Waals surface area contributed by atoms with Gasteiger partial charge in [0.1, 0.15) is 0 Å². The molecule has 2 atom stereocenters. The van der Waals surface area contributed by atoms with Crippen molar-refractivity contribution in [2.45, 2.75) is 32.3 Å². The van der Waals surface area contributed by atoms with Gasteiger partial charge in [-0.3, -0.25) is 0 Å². The van der Waals surface area contributed by atoms with Gasteiger partial charge in [-0.2, -0.15) is 0 Å². The largest absolute Gasteiger partial charge is 0.388 e. The Hall–Kier alpha value is -1.19. The van der Waals surface area contributed by atoms with Crippen LogP contribution in [-0.2, 0) is 12.8 Å². The third-order valence-electron chi connectivity index (χ3n) is 3.74. The zero-order valence-corrected chi connectivity index (χ0v) is 11.3. The highest BCUT2D eigenvalue weighted by molar-refractivity contribution is 7.11. The minimum absolute atomic E-state index is 0.322. The number of aliphatic hydroxyl groups excluding tert-OH is 1. The van der Waals surface area contributed by atoms with Gasteiger partial charge < -0.3 is 5.11 Å². The molecule has 3 heteroatoms. The van der Waals surface area contributed by atoms with Crippen LogP contribution in [0.15, 0.2) is 30.5 Å². The second-order valence-corrected chi connectivity index (χ2v) is 6.31. The minimum atomic E-state index is -0.322. The van der Waals surface area contributed by atoms with Gasteiger partial charge in [0.25, 0.3) is 0 Å². The summed E-state index contributed by atoms with van der Waals surface area (Å²) < 4.78 is 0. The van der Waals surface area contributed by atoms with E-state index in [-0.39, 0.29) is 6.10 Å². The summed E-state index contributed by atoms with van der Waals surface area (Å²) in [7, 11) is 0. The number of fused-ring (bicyclic) bond motifs is 1. The van der Waals surface area contributed by atoms with Gasteiger partial charge in [-0.15, -0.1) is 11.3 Å². The molecule has 1 aliphatic carbocycles. The molecule has 18 heavy (non-hydrogen) atoms. The van der Waals surface area contributed by atoms with E-state index in [1.807, 2.05) is 19.2 Å². The number of rotatable bonds is 2. The van der Waals surface area contributed by atoms with Gasteiger partial charge in [0.05, 0.1) is 11.1 Å². The number of thiazole rings is 1. The molecule has 0 bridgehead atoms. The van der Waals surface area contributed by atoms with Gasteiger partial charge in [0, 0.05) is 11.1 Å². The first-order valence-corrected chi connectivity index (χ1v) is 7.23. The van der Waals surface area contributed by atoms with Gasteiger partial charge in [-0.25, -0.2) is 4.98 Å². The molecule has 0 fully saturated rings. The Morgan fingerprint density at radius 2 is 2.22 bits per heavy atom. The van der Waals surface area contributed by atoms with Crippen molar-refractivity contribution in [1.29, 1.82) is 0 Å². The smallest absolute Gasteiger partial charge is 0.0896 e. The lowest BCUT2D eigenvalue weighted by Crippen LogP contribution is -2.22. The molecule has 2 nitrogen and oxygen atoms in total. The molecular formula is C15H17NOS. The number of aryl methyl sites for hydroxylation is 2. The predicted molar refractivity (Wildman–Crippen MR) is 73.8 cm³/mol. The van der Waals surface area contributed by atoms with Gasteiger partial charge in [-0.05, 0) is 43.2 Å². The SMILES string of the molecule is Cc1ncc(CC2CCc3ccccc3C2O)s1. The molecule has 2 unspecified atom stereocenters. The van der Waals surface area contributed by atoms with Crippen LogP contribution in [0.1, 0.15) is 33.5 Å². The molecule has 94 valence electrons. The van der Waals surface area contributed by atoms with Crippen LogP contribution in [0.5, 0.6) is 0 Å². The van der Waals surface area contributed by atoms with Crippen LogP contribution in [0, 0.1) is 12.8 Å². The summed E-state index contributed by atoms with van der Waals surface area (Å²) in [5, 5.41) is 11.6. The second kappa shape index (κ2) is 4.82. The van der Waals surface area contributed by atoms with Crippen molar-refractivity contribution < 1.29 is 5.11 Å². The third-order valence-corrected chi connectivity index (χ3v) is 4.67. The first kappa shape index (κ1) is 11.9. The molecule has 0 amide bonds. The average Bonchev–Trinajstić information content (AvgIpc) is 2.79. The van der Waals surface area contributed by atoms with E-state index in [0.29, 0.717) is 5.92 Å². The van der Waals surface area contributed by atoms with Crippen LogP contribution >= 0.6 is 11.3 Å². The van der Waals surface area contributed by atoms with Gasteiger partial charge in [0.15, 0.2) is 0 Å². The van der Waals surface area contributed by atoms with Crippen molar-refractivity contribution in [2.24, 2.45) is 5.92 Å². The number of aliphatic hydroxyl groups is 1. The molecule has 1 heterocycles. The highest BCUT2D eigenvalue weighted by Crippen LogP contribution is 2.36. The molecule has 0 saturated carbocycles. The monoisotopic (exact) mass is 259 g/mol. The Kier molecular flexibility index (Phi) is 3.18. The van der Waals surface area contributed by atoms with Crippen LogP contribution in [0.2, 0.25) is 0 Å². The minimum Gasteiger partial charge on any atom is -0.388 e. The average molecular weight is 259 g/mol. The van der Waals surface area contributed by atoms with Crippen molar-refractivity contribution in [1.82, 2.24) is 4.98 Å². The van der Waals surface area contributed by atoms with Gasteiger partial charge in [-0.1, -0.05) is 24.3 Å². The van der Waals surface area contributed by atoms with Crippen LogP contribution in [0.4, 0.5) is 0 Å². The Morgan fingerprint density at radius 3 is 3.00 bits per heavy atom. The Morgan fingerprint density at radius 1 is 1.39 bits per heavy atom. The van der Waals surface area contributed by atoms with Crippen LogP contribution in [-0.4, -0.2) is 10.1 Å². The zero-order valence-electron chi connectivity index (χ0n) is 10.5. The van der Waals surface area contributed by atoms with Gasteiger partial charge in [0.2, 0.25) is 0 Å².